The summed E-state index contributed by atoms with van der Waals surface area (Å²) in [5.74, 6) is 0.199. The van der Waals surface area contributed by atoms with Crippen LogP contribution in [-0.2, 0) is 30.7 Å². The molecule has 3 saturated heterocycles. The third kappa shape index (κ3) is 6.88. The molecule has 2 bridgehead atoms. The minimum absolute atomic E-state index is 0.0892. The van der Waals surface area contributed by atoms with Crippen LogP contribution in [0.25, 0.3) is 0 Å². The summed E-state index contributed by atoms with van der Waals surface area (Å²) in [7, 11) is -4.87. The van der Waals surface area contributed by atoms with E-state index in [0.717, 1.165) is 0 Å². The highest BCUT2D eigenvalue weighted by Gasteiger charge is 2.49. The zero-order valence-electron chi connectivity index (χ0n) is 22.7. The van der Waals surface area contributed by atoms with Gasteiger partial charge in [-0.05, 0) is 54.4 Å². The summed E-state index contributed by atoms with van der Waals surface area (Å²) in [6.45, 7) is 11.0. The lowest BCUT2D eigenvalue weighted by atomic mass is 10.0. The molecule has 17 heteroatoms. The minimum Gasteiger partial charge on any atom is -0.444 e. The smallest absolute Gasteiger partial charge is 0.418 e. The Kier molecular flexibility index (Phi) is 7.46. The molecule has 1 N–H and O–H groups in total. The molecule has 1 aromatic rings. The fourth-order valence-corrected chi connectivity index (χ4v) is 4.88. The second-order valence-corrected chi connectivity index (χ2v) is 12.7. The van der Waals surface area contributed by atoms with Crippen molar-refractivity contribution in [2.45, 2.75) is 90.3 Å². The van der Waals surface area contributed by atoms with Crippen LogP contribution in [0.3, 0.4) is 0 Å². The average molecular weight is 575 g/mol. The van der Waals surface area contributed by atoms with Crippen molar-refractivity contribution >= 4 is 28.6 Å². The molecule has 16 nitrogen and oxygen atoms in total. The highest BCUT2D eigenvalue weighted by atomic mass is 32.3. The maximum Gasteiger partial charge on any atom is 0.418 e. The number of aromatic nitrogens is 2. The molecule has 3 fully saturated rings. The van der Waals surface area contributed by atoms with E-state index in [1.165, 1.54) is 14.7 Å². The van der Waals surface area contributed by atoms with Gasteiger partial charge in [-0.2, -0.15) is 13.5 Å². The van der Waals surface area contributed by atoms with Crippen LogP contribution in [0.5, 0.6) is 0 Å². The predicted octanol–water partition coefficient (Wildman–Crippen LogP) is 2.10. The fourth-order valence-electron chi connectivity index (χ4n) is 4.49. The molecule has 0 aromatic carbocycles. The van der Waals surface area contributed by atoms with Crippen molar-refractivity contribution in [2.24, 2.45) is 0 Å². The molecule has 0 aliphatic carbocycles. The first kappa shape index (κ1) is 28.8. The van der Waals surface area contributed by atoms with E-state index in [-0.39, 0.29) is 44.0 Å². The van der Waals surface area contributed by atoms with Crippen LogP contribution in [0.4, 0.5) is 14.4 Å². The van der Waals surface area contributed by atoms with Crippen LogP contribution in [0.15, 0.2) is 4.42 Å². The van der Waals surface area contributed by atoms with Crippen LogP contribution in [-0.4, -0.2) is 104 Å². The quantitative estimate of drug-likeness (QED) is 0.489. The number of piperidine rings is 1. The van der Waals surface area contributed by atoms with Gasteiger partial charge in [-0.1, -0.05) is 0 Å². The molecule has 0 radical (unpaired) electrons. The van der Waals surface area contributed by atoms with Crippen LogP contribution < -0.4 is 0 Å². The van der Waals surface area contributed by atoms with Crippen molar-refractivity contribution in [3.63, 3.8) is 0 Å². The number of carbonyl (C=O) groups excluding carboxylic acids is 3. The lowest BCUT2D eigenvalue weighted by molar-refractivity contribution is -0.0324. The summed E-state index contributed by atoms with van der Waals surface area (Å²) in [4.78, 5) is 42.3. The number of fused-ring (bicyclic) bond motifs is 2. The molecule has 1 aromatic heterocycles. The number of hydroxylamine groups is 2. The first-order valence-electron chi connectivity index (χ1n) is 12.5. The number of likely N-dealkylation sites (tertiary alicyclic amines) is 1. The number of nitrogens with zero attached hydrogens (tertiary/aromatic N) is 6. The molecule has 4 heterocycles. The zero-order valence-corrected chi connectivity index (χ0v) is 23.5. The number of amides is 4. The topological polar surface area (TPSA) is 185 Å². The maximum absolute atomic E-state index is 13.0. The van der Waals surface area contributed by atoms with Crippen LogP contribution in [0, 0.1) is 0 Å². The number of carbonyl (C=O) groups is 3. The largest absolute Gasteiger partial charge is 0.444 e. The molecule has 2 atom stereocenters. The minimum atomic E-state index is -4.87. The predicted molar refractivity (Wildman–Crippen MR) is 130 cm³/mol. The maximum atomic E-state index is 13.0. The molecule has 3 aliphatic heterocycles. The van der Waals surface area contributed by atoms with Crippen molar-refractivity contribution in [2.75, 3.05) is 19.6 Å². The molecular weight excluding hydrogens is 540 g/mol. The van der Waals surface area contributed by atoms with E-state index in [1.54, 1.807) is 41.5 Å². The Labute approximate surface area is 226 Å². The highest BCUT2D eigenvalue weighted by Crippen LogP contribution is 2.38. The normalized spacial score (nSPS) is 22.1. The Morgan fingerprint density at radius 2 is 1.69 bits per heavy atom. The molecule has 4 amide bonds. The van der Waals surface area contributed by atoms with Crippen LogP contribution in [0.2, 0.25) is 0 Å². The van der Waals surface area contributed by atoms with Crippen molar-refractivity contribution in [3.8, 4) is 0 Å². The van der Waals surface area contributed by atoms with Gasteiger partial charge in [0.05, 0.1) is 12.1 Å². The third-order valence-electron chi connectivity index (χ3n) is 6.15. The standard InChI is InChI=1S/C22H34N6O10S/c1-21(2,3)36-19(30)25-9-14(10-25)26(20(31)37-22(4,5)6)12-16-23-24-17(35-16)15-8-7-13-11-27(15)18(29)28(13)38-39(32,33)34/h13-15H,7-12H2,1-6H3,(H,32,33,34)/t13?,15-/m0/s1. The molecule has 218 valence electrons. The number of hydrogen-bond donors (Lipinski definition) is 1. The van der Waals surface area contributed by atoms with E-state index in [9.17, 15) is 22.8 Å². The second-order valence-electron chi connectivity index (χ2n) is 11.7. The van der Waals surface area contributed by atoms with E-state index < -0.39 is 51.9 Å². The lowest BCUT2D eigenvalue weighted by Crippen LogP contribution is -2.63. The van der Waals surface area contributed by atoms with E-state index in [4.69, 9.17) is 18.4 Å². The molecule has 0 spiro atoms. The Hall–Kier alpha value is -3.18. The Bertz CT molecular complexity index is 1220. The van der Waals surface area contributed by atoms with Crippen molar-refractivity contribution < 1.29 is 45.5 Å². The zero-order chi connectivity index (χ0) is 28.9. The summed E-state index contributed by atoms with van der Waals surface area (Å²) < 4.78 is 52.5. The molecule has 4 rings (SSSR count). The fraction of sp³-hybridized carbons (Fsp3) is 0.773. The van der Waals surface area contributed by atoms with Gasteiger partial charge >= 0.3 is 28.6 Å². The van der Waals surface area contributed by atoms with Gasteiger partial charge in [0.2, 0.25) is 11.8 Å². The van der Waals surface area contributed by atoms with Gasteiger partial charge in [0.15, 0.2) is 0 Å². The summed E-state index contributed by atoms with van der Waals surface area (Å²) in [5, 5.41) is 8.74. The average Bonchev–Trinajstić information content (AvgIpc) is 3.28. The van der Waals surface area contributed by atoms with Crippen LogP contribution >= 0.6 is 0 Å². The molecule has 3 aliphatic rings. The third-order valence-corrected chi connectivity index (χ3v) is 6.50. The summed E-state index contributed by atoms with van der Waals surface area (Å²) in [6, 6.07) is -2.35. The molecule has 0 saturated carbocycles. The Morgan fingerprint density at radius 3 is 2.28 bits per heavy atom. The van der Waals surface area contributed by atoms with Gasteiger partial charge in [-0.3, -0.25) is 9.45 Å². The van der Waals surface area contributed by atoms with Crippen molar-refractivity contribution in [3.05, 3.63) is 11.8 Å². The van der Waals surface area contributed by atoms with E-state index in [2.05, 4.69) is 14.5 Å². The summed E-state index contributed by atoms with van der Waals surface area (Å²) >= 11 is 0. The van der Waals surface area contributed by atoms with Crippen molar-refractivity contribution in [1.29, 1.82) is 0 Å². The van der Waals surface area contributed by atoms with Gasteiger partial charge in [0.25, 0.3) is 0 Å². The van der Waals surface area contributed by atoms with Gasteiger partial charge in [0.1, 0.15) is 23.8 Å². The van der Waals surface area contributed by atoms with E-state index in [1.807, 2.05) is 0 Å². The van der Waals surface area contributed by atoms with Gasteiger partial charge < -0.3 is 23.7 Å². The lowest BCUT2D eigenvalue weighted by Gasteiger charge is -2.44. The Morgan fingerprint density at radius 1 is 1.05 bits per heavy atom. The summed E-state index contributed by atoms with van der Waals surface area (Å²) in [5.41, 5.74) is -1.42. The number of ether oxygens (including phenoxy) is 2. The molecular formula is C22H34N6O10S. The first-order valence-corrected chi connectivity index (χ1v) is 13.8. The SMILES string of the molecule is CC(C)(C)OC(=O)N1CC(N(Cc2nnc([C@@H]3CCC4CN3C(=O)N4OS(=O)(=O)O)o2)C(=O)OC(C)(C)C)C1. The van der Waals surface area contributed by atoms with Gasteiger partial charge in [-0.25, -0.2) is 14.4 Å². The van der Waals surface area contributed by atoms with E-state index >= 15 is 0 Å². The highest BCUT2D eigenvalue weighted by molar-refractivity contribution is 7.80. The number of urea groups is 1. The second kappa shape index (κ2) is 10.1. The number of rotatable bonds is 6. The van der Waals surface area contributed by atoms with Crippen LogP contribution in [0.1, 0.15) is 72.2 Å². The Balaban J connectivity index is 1.45. The number of hydrogen-bond acceptors (Lipinski definition) is 11. The van der Waals surface area contributed by atoms with E-state index in [0.29, 0.717) is 17.9 Å². The molecule has 1 unspecified atom stereocenters. The monoisotopic (exact) mass is 574 g/mol. The summed E-state index contributed by atoms with van der Waals surface area (Å²) in [6.07, 6.45) is -0.357. The first-order chi connectivity index (χ1) is 17.9. The molecule has 39 heavy (non-hydrogen) atoms. The van der Waals surface area contributed by atoms with Gasteiger partial charge in [-0.15, -0.1) is 14.5 Å². The van der Waals surface area contributed by atoms with Crippen molar-refractivity contribution in [1.82, 2.24) is 30.0 Å². The van der Waals surface area contributed by atoms with Gasteiger partial charge in [0, 0.05) is 19.6 Å².